The van der Waals surface area contributed by atoms with E-state index in [1.165, 1.54) is 0 Å². The van der Waals surface area contributed by atoms with Gasteiger partial charge in [0.05, 0.1) is 0 Å². The maximum Gasteiger partial charge on any atom is 0.316 e. The SMILES string of the molecule is N=S(=O)=O.[MgH2]. The third-order valence-corrected chi connectivity index (χ3v) is 0. The smallest absolute Gasteiger partial charge is 0.188 e. The summed E-state index contributed by atoms with van der Waals surface area (Å²) in [6.45, 7) is 0. The van der Waals surface area contributed by atoms with E-state index in [9.17, 15) is 0 Å². The molecule has 1 N–H and O–H groups in total. The molecule has 0 rings (SSSR count). The molecule has 0 spiro atoms. The molecule has 5 heavy (non-hydrogen) atoms. The summed E-state index contributed by atoms with van der Waals surface area (Å²) < 4.78 is 22.8. The van der Waals surface area contributed by atoms with Gasteiger partial charge in [-0.05, 0) is 0 Å². The molecular formula is H3MgNO2S. The van der Waals surface area contributed by atoms with Crippen molar-refractivity contribution in [2.75, 3.05) is 0 Å². The molecule has 0 aliphatic carbocycles. The molecule has 0 saturated heterocycles. The van der Waals surface area contributed by atoms with Gasteiger partial charge in [-0.25, -0.2) is 0 Å². The third kappa shape index (κ3) is 167. The maximum absolute atomic E-state index is 8.67. The highest BCUT2D eigenvalue weighted by molar-refractivity contribution is 7.60. The second-order valence-corrected chi connectivity index (χ2v) is 0.704. The van der Waals surface area contributed by atoms with Gasteiger partial charge < -0.3 is 0 Å². The highest BCUT2D eigenvalue weighted by Gasteiger charge is 1.32. The van der Waals surface area contributed by atoms with Crippen LogP contribution in [0, 0.1) is 4.78 Å². The molecule has 28 valence electrons. The van der Waals surface area contributed by atoms with Crippen LogP contribution < -0.4 is 0 Å². The summed E-state index contributed by atoms with van der Waals surface area (Å²) in [5.41, 5.74) is 0. The molecule has 0 radical (unpaired) electrons. The Labute approximate surface area is 47.0 Å². The molecule has 0 aromatic heterocycles. The third-order valence-electron chi connectivity index (χ3n) is 0. The average Bonchev–Trinajstić information content (AvgIpc) is 0.811. The quantitative estimate of drug-likeness (QED) is 0.390. The standard InChI is InChI=1S/Mg.HNO2S.2H/c;1-4(2)3;;/h;1H;;. The molecule has 3 nitrogen and oxygen atoms in total. The second-order valence-electron chi connectivity index (χ2n) is 0.235. The zero-order chi connectivity index (χ0) is 3.58. The summed E-state index contributed by atoms with van der Waals surface area (Å²) >= 11 is 0. The van der Waals surface area contributed by atoms with Crippen molar-refractivity contribution in [3.05, 3.63) is 0 Å². The Morgan fingerprint density at radius 3 is 1.40 bits per heavy atom. The van der Waals surface area contributed by atoms with Crippen LogP contribution in [0.5, 0.6) is 0 Å². The minimum Gasteiger partial charge on any atom is -0.188 e. The van der Waals surface area contributed by atoms with Crippen molar-refractivity contribution in [1.82, 2.24) is 0 Å². The Bertz CT molecular complexity index is 79.0. The van der Waals surface area contributed by atoms with Crippen LogP contribution in [0.15, 0.2) is 0 Å². The van der Waals surface area contributed by atoms with Crippen molar-refractivity contribution in [2.45, 2.75) is 0 Å². The summed E-state index contributed by atoms with van der Waals surface area (Å²) in [6.07, 6.45) is 0. The van der Waals surface area contributed by atoms with E-state index >= 15 is 0 Å². The van der Waals surface area contributed by atoms with E-state index in [0.717, 1.165) is 0 Å². The largest absolute Gasteiger partial charge is 0.316 e. The van der Waals surface area contributed by atoms with Crippen LogP contribution in [0.1, 0.15) is 0 Å². The first-order valence-corrected chi connectivity index (χ1v) is 1.61. The molecule has 0 aliphatic heterocycles. The van der Waals surface area contributed by atoms with Gasteiger partial charge in [0.1, 0.15) is 0 Å². The van der Waals surface area contributed by atoms with E-state index in [-0.39, 0.29) is 23.1 Å². The van der Waals surface area contributed by atoms with Crippen molar-refractivity contribution in [3.63, 3.8) is 0 Å². The van der Waals surface area contributed by atoms with Gasteiger partial charge in [0.15, 0.2) is 0 Å². The predicted octanol–water partition coefficient (Wildman–Crippen LogP) is -1.29. The van der Waals surface area contributed by atoms with Crippen LogP contribution in [0.2, 0.25) is 0 Å². The fourth-order valence-electron chi connectivity index (χ4n) is 0. The Morgan fingerprint density at radius 1 is 1.40 bits per heavy atom. The van der Waals surface area contributed by atoms with E-state index in [4.69, 9.17) is 13.2 Å². The first-order chi connectivity index (χ1) is 1.73. The number of rotatable bonds is 0. The lowest BCUT2D eigenvalue weighted by Gasteiger charge is -1.18. The fourth-order valence-corrected chi connectivity index (χ4v) is 0. The van der Waals surface area contributed by atoms with E-state index in [1.807, 2.05) is 0 Å². The Morgan fingerprint density at radius 2 is 1.40 bits per heavy atom. The van der Waals surface area contributed by atoms with Crippen molar-refractivity contribution >= 4 is 33.6 Å². The van der Waals surface area contributed by atoms with Crippen LogP contribution in [-0.4, -0.2) is 31.5 Å². The summed E-state index contributed by atoms with van der Waals surface area (Å²) in [6, 6.07) is 0. The predicted molar refractivity (Wildman–Crippen MR) is 20.2 cm³/mol. The molecule has 0 aromatic rings. The second kappa shape index (κ2) is 4.39. The summed E-state index contributed by atoms with van der Waals surface area (Å²) in [7, 11) is -2.61. The van der Waals surface area contributed by atoms with Crippen molar-refractivity contribution in [3.8, 4) is 0 Å². The topological polar surface area (TPSA) is 58.0 Å². The van der Waals surface area contributed by atoms with Gasteiger partial charge in [0.25, 0.3) is 0 Å². The lowest BCUT2D eigenvalue weighted by Crippen LogP contribution is -1.34. The molecular weight excluding hydrogens is 102 g/mol. The van der Waals surface area contributed by atoms with Gasteiger partial charge in [0, 0.05) is 0 Å². The molecule has 0 saturated carbocycles. The number of nitrogens with one attached hydrogen (secondary N) is 1. The molecule has 0 amide bonds. The maximum atomic E-state index is 8.67. The highest BCUT2D eigenvalue weighted by atomic mass is 32.2. The summed E-state index contributed by atoms with van der Waals surface area (Å²) in [4.78, 5) is 0. The molecule has 0 unspecified atom stereocenters. The van der Waals surface area contributed by atoms with Gasteiger partial charge in [-0.3, -0.25) is 0 Å². The van der Waals surface area contributed by atoms with Crippen LogP contribution in [0.25, 0.3) is 0 Å². The zero-order valence-electron chi connectivity index (χ0n) is 1.72. The van der Waals surface area contributed by atoms with E-state index in [2.05, 4.69) is 0 Å². The molecule has 0 atom stereocenters. The minimum absolute atomic E-state index is 0. The molecule has 0 bridgehead atoms. The van der Waals surface area contributed by atoms with E-state index < -0.39 is 10.5 Å². The minimum atomic E-state index is -2.61. The van der Waals surface area contributed by atoms with Crippen LogP contribution in [0.4, 0.5) is 0 Å². The zero-order valence-corrected chi connectivity index (χ0v) is 2.54. The lowest BCUT2D eigenvalue weighted by molar-refractivity contribution is 0.620. The molecule has 5 heteroatoms. The van der Waals surface area contributed by atoms with E-state index in [0.29, 0.717) is 0 Å². The van der Waals surface area contributed by atoms with Gasteiger partial charge in [-0.1, -0.05) is 0 Å². The monoisotopic (exact) mass is 105 g/mol. The Balaban J connectivity index is 0. The van der Waals surface area contributed by atoms with E-state index in [1.54, 1.807) is 0 Å². The molecule has 0 aromatic carbocycles. The Hall–Kier alpha value is 0.386. The lowest BCUT2D eigenvalue weighted by atomic mass is 14.0. The molecule has 0 fully saturated rings. The number of hydrogen-bond acceptors (Lipinski definition) is 3. The summed E-state index contributed by atoms with van der Waals surface area (Å²) in [5, 5.41) is 0. The molecule has 0 aliphatic rings. The van der Waals surface area contributed by atoms with Crippen LogP contribution in [-0.2, 0) is 10.5 Å². The normalized spacial score (nSPS) is 4.80. The number of hydrogen-bond donors (Lipinski definition) is 1. The van der Waals surface area contributed by atoms with Crippen molar-refractivity contribution < 1.29 is 8.42 Å². The molecule has 0 heterocycles. The van der Waals surface area contributed by atoms with Gasteiger partial charge in [-0.15, -0.1) is 0 Å². The van der Waals surface area contributed by atoms with Crippen molar-refractivity contribution in [2.24, 2.45) is 0 Å². The van der Waals surface area contributed by atoms with Gasteiger partial charge in [0.2, 0.25) is 0 Å². The summed E-state index contributed by atoms with van der Waals surface area (Å²) in [5.74, 6) is 0. The average molecular weight is 105 g/mol. The van der Waals surface area contributed by atoms with Crippen LogP contribution in [0.3, 0.4) is 0 Å². The van der Waals surface area contributed by atoms with Crippen LogP contribution >= 0.6 is 0 Å². The first kappa shape index (κ1) is 9.04. The van der Waals surface area contributed by atoms with Crippen molar-refractivity contribution in [1.29, 1.82) is 4.78 Å². The first-order valence-electron chi connectivity index (χ1n) is 0.537. The Kier molecular flexibility index (Phi) is 7.93. The highest BCUT2D eigenvalue weighted by Crippen LogP contribution is 1.15. The fraction of sp³-hybridized carbons (Fsp3) is 0. The van der Waals surface area contributed by atoms with Gasteiger partial charge in [-0.2, -0.15) is 13.2 Å². The van der Waals surface area contributed by atoms with Gasteiger partial charge >= 0.3 is 33.6 Å².